The fourth-order valence-electron chi connectivity index (χ4n) is 3.72. The van der Waals surface area contributed by atoms with E-state index in [0.717, 1.165) is 23.6 Å². The van der Waals surface area contributed by atoms with Gasteiger partial charge in [-0.15, -0.1) is 23.7 Å². The molecule has 4 rings (SSSR count). The molecule has 1 fully saturated rings. The lowest BCUT2D eigenvalue weighted by molar-refractivity contribution is 0.102. The van der Waals surface area contributed by atoms with Crippen LogP contribution in [0.3, 0.4) is 0 Å². The Morgan fingerprint density at radius 1 is 1.33 bits per heavy atom. The van der Waals surface area contributed by atoms with Crippen LogP contribution in [0.25, 0.3) is 5.69 Å². The van der Waals surface area contributed by atoms with Crippen LogP contribution in [-0.2, 0) is 0 Å². The lowest BCUT2D eigenvalue weighted by Gasteiger charge is -2.28. The smallest absolute Gasteiger partial charge is 0.275 e. The molecule has 1 aliphatic heterocycles. The molecule has 2 aromatic heterocycles. The summed E-state index contributed by atoms with van der Waals surface area (Å²) in [6, 6.07) is 9.68. The first-order valence-corrected chi connectivity index (χ1v) is 10.7. The zero-order valence-corrected chi connectivity index (χ0v) is 18.5. The average molecular weight is 450 g/mol. The quantitative estimate of drug-likeness (QED) is 0.599. The molecule has 2 atom stereocenters. The number of piperidine rings is 1. The van der Waals surface area contributed by atoms with Crippen molar-refractivity contribution in [1.29, 1.82) is 0 Å². The number of thiazole rings is 1. The van der Waals surface area contributed by atoms with E-state index in [-0.39, 0.29) is 30.2 Å². The van der Waals surface area contributed by atoms with Gasteiger partial charge in [0.05, 0.1) is 28.3 Å². The number of benzene rings is 1. The standard InChI is InChI=1S/C21H24FN5OS.ClH/c1-13(2)18-19(25-21(28)17-11-29-12-24-17)20(15-8-9-23-10-16(15)22)27(26-18)14-6-4-3-5-7-14;/h3-7,11-13,15-16,23H,8-10H2,1-2H3,(H,25,28);1H. The summed E-state index contributed by atoms with van der Waals surface area (Å²) in [5.74, 6) is -0.599. The highest BCUT2D eigenvalue weighted by atomic mass is 35.5. The second kappa shape index (κ2) is 9.68. The topological polar surface area (TPSA) is 71.8 Å². The number of nitrogens with zero attached hydrogens (tertiary/aromatic N) is 3. The summed E-state index contributed by atoms with van der Waals surface area (Å²) < 4.78 is 16.8. The third kappa shape index (κ3) is 4.40. The fraction of sp³-hybridized carbons (Fsp3) is 0.381. The van der Waals surface area contributed by atoms with E-state index in [0.29, 0.717) is 24.3 Å². The first-order valence-electron chi connectivity index (χ1n) is 9.78. The van der Waals surface area contributed by atoms with Crippen LogP contribution in [0, 0.1) is 0 Å². The summed E-state index contributed by atoms with van der Waals surface area (Å²) in [4.78, 5) is 16.9. The van der Waals surface area contributed by atoms with Crippen molar-refractivity contribution < 1.29 is 9.18 Å². The van der Waals surface area contributed by atoms with Gasteiger partial charge in [-0.05, 0) is 31.0 Å². The Balaban J connectivity index is 0.00000256. The van der Waals surface area contributed by atoms with E-state index in [1.807, 2.05) is 44.2 Å². The monoisotopic (exact) mass is 449 g/mol. The summed E-state index contributed by atoms with van der Waals surface area (Å²) in [5, 5.41) is 12.6. The summed E-state index contributed by atoms with van der Waals surface area (Å²) >= 11 is 1.36. The number of nitrogens with one attached hydrogen (secondary N) is 2. The van der Waals surface area contributed by atoms with Crippen LogP contribution in [0.1, 0.15) is 54.0 Å². The van der Waals surface area contributed by atoms with Crippen LogP contribution < -0.4 is 10.6 Å². The number of rotatable bonds is 5. The Kier molecular flexibility index (Phi) is 7.23. The number of carbonyl (C=O) groups excluding carboxylic acids is 1. The summed E-state index contributed by atoms with van der Waals surface area (Å²) in [6.07, 6.45) is -0.422. The van der Waals surface area contributed by atoms with Crippen molar-refractivity contribution in [3.8, 4) is 5.69 Å². The lowest BCUT2D eigenvalue weighted by atomic mass is 9.90. The number of hydrogen-bond acceptors (Lipinski definition) is 5. The maximum atomic E-state index is 15.0. The van der Waals surface area contributed by atoms with Crippen molar-refractivity contribution in [2.45, 2.75) is 38.3 Å². The number of halogens is 2. The number of aromatic nitrogens is 3. The van der Waals surface area contributed by atoms with Crippen molar-refractivity contribution in [2.24, 2.45) is 0 Å². The minimum absolute atomic E-state index is 0. The molecule has 1 saturated heterocycles. The number of alkyl halides is 1. The molecule has 3 aromatic rings. The zero-order chi connectivity index (χ0) is 20.4. The second-order valence-corrected chi connectivity index (χ2v) is 8.21. The highest BCUT2D eigenvalue weighted by Crippen LogP contribution is 2.39. The van der Waals surface area contributed by atoms with E-state index in [9.17, 15) is 4.79 Å². The van der Waals surface area contributed by atoms with Crippen LogP contribution >= 0.6 is 23.7 Å². The summed E-state index contributed by atoms with van der Waals surface area (Å²) in [7, 11) is 0. The van der Waals surface area contributed by atoms with E-state index in [1.165, 1.54) is 11.3 Å². The highest BCUT2D eigenvalue weighted by Gasteiger charge is 2.34. The van der Waals surface area contributed by atoms with Crippen molar-refractivity contribution in [1.82, 2.24) is 20.1 Å². The Hall–Kier alpha value is -2.29. The van der Waals surface area contributed by atoms with Gasteiger partial charge in [0.15, 0.2) is 0 Å². The molecule has 2 N–H and O–H groups in total. The molecule has 3 heterocycles. The molecule has 160 valence electrons. The Labute approximate surface area is 185 Å². The van der Waals surface area contributed by atoms with Gasteiger partial charge in [-0.25, -0.2) is 14.1 Å². The zero-order valence-electron chi connectivity index (χ0n) is 16.8. The van der Waals surface area contributed by atoms with E-state index < -0.39 is 6.17 Å². The van der Waals surface area contributed by atoms with E-state index >= 15 is 4.39 Å². The van der Waals surface area contributed by atoms with Gasteiger partial charge in [-0.1, -0.05) is 32.0 Å². The molecule has 6 nitrogen and oxygen atoms in total. The average Bonchev–Trinajstić information content (AvgIpc) is 3.38. The number of hydrogen-bond donors (Lipinski definition) is 2. The number of anilines is 1. The van der Waals surface area contributed by atoms with Gasteiger partial charge in [-0.2, -0.15) is 5.10 Å². The fourth-order valence-corrected chi connectivity index (χ4v) is 4.25. The first-order chi connectivity index (χ1) is 14.1. The number of carbonyl (C=O) groups is 1. The van der Waals surface area contributed by atoms with Crippen molar-refractivity contribution >= 4 is 35.3 Å². The molecule has 30 heavy (non-hydrogen) atoms. The minimum Gasteiger partial charge on any atom is -0.317 e. The molecular weight excluding hydrogens is 425 g/mol. The highest BCUT2D eigenvalue weighted by molar-refractivity contribution is 7.07. The van der Waals surface area contributed by atoms with Crippen molar-refractivity contribution in [2.75, 3.05) is 18.4 Å². The number of amides is 1. The molecule has 9 heteroatoms. The van der Waals surface area contributed by atoms with Gasteiger partial charge in [0.25, 0.3) is 5.91 Å². The van der Waals surface area contributed by atoms with Crippen molar-refractivity contribution in [3.05, 3.63) is 58.3 Å². The molecule has 0 saturated carbocycles. The van der Waals surface area contributed by atoms with E-state index in [4.69, 9.17) is 5.10 Å². The maximum absolute atomic E-state index is 15.0. The minimum atomic E-state index is -1.06. The van der Waals surface area contributed by atoms with E-state index in [2.05, 4.69) is 15.6 Å². The molecule has 0 bridgehead atoms. The molecule has 0 radical (unpaired) electrons. The van der Waals surface area contributed by atoms with Gasteiger partial charge < -0.3 is 10.6 Å². The Morgan fingerprint density at radius 3 is 2.73 bits per heavy atom. The van der Waals surface area contributed by atoms with E-state index in [1.54, 1.807) is 15.6 Å². The second-order valence-electron chi connectivity index (χ2n) is 7.49. The van der Waals surface area contributed by atoms with Crippen LogP contribution in [0.5, 0.6) is 0 Å². The SMILES string of the molecule is CC(C)c1nn(-c2ccccc2)c(C2CCNCC2F)c1NC(=O)c1cscn1.Cl. The van der Waals surface area contributed by atoms with Crippen LogP contribution in [0.2, 0.25) is 0 Å². The van der Waals surface area contributed by atoms with Crippen LogP contribution in [0.15, 0.2) is 41.2 Å². The summed E-state index contributed by atoms with van der Waals surface area (Å²) in [6.45, 7) is 5.06. The molecule has 1 aromatic carbocycles. The third-order valence-electron chi connectivity index (χ3n) is 5.16. The van der Waals surface area contributed by atoms with Gasteiger partial charge in [0.2, 0.25) is 0 Å². The Morgan fingerprint density at radius 2 is 2.10 bits per heavy atom. The predicted octanol–water partition coefficient (Wildman–Crippen LogP) is 4.54. The largest absolute Gasteiger partial charge is 0.317 e. The van der Waals surface area contributed by atoms with Gasteiger partial charge in [0.1, 0.15) is 11.9 Å². The van der Waals surface area contributed by atoms with Gasteiger partial charge >= 0.3 is 0 Å². The predicted molar refractivity (Wildman–Crippen MR) is 120 cm³/mol. The van der Waals surface area contributed by atoms with Crippen molar-refractivity contribution in [3.63, 3.8) is 0 Å². The third-order valence-corrected chi connectivity index (χ3v) is 5.75. The molecule has 2 unspecified atom stereocenters. The van der Waals surface area contributed by atoms with Crippen LogP contribution in [0.4, 0.5) is 10.1 Å². The molecular formula is C21H25ClFN5OS. The summed E-state index contributed by atoms with van der Waals surface area (Å²) in [5.41, 5.74) is 4.90. The molecule has 0 aliphatic carbocycles. The maximum Gasteiger partial charge on any atom is 0.275 e. The van der Waals surface area contributed by atoms with Gasteiger partial charge in [0, 0.05) is 17.8 Å². The molecule has 0 spiro atoms. The molecule has 1 amide bonds. The van der Waals surface area contributed by atoms with Crippen LogP contribution in [-0.4, -0.2) is 39.9 Å². The Bertz CT molecular complexity index is 977. The molecule has 1 aliphatic rings. The number of para-hydroxylation sites is 1. The first kappa shape index (κ1) is 22.4. The van der Waals surface area contributed by atoms with Gasteiger partial charge in [-0.3, -0.25) is 4.79 Å². The lowest BCUT2D eigenvalue weighted by Crippen LogP contribution is -2.37. The normalized spacial score (nSPS) is 18.8.